The van der Waals surface area contributed by atoms with Gasteiger partial charge in [0.15, 0.2) is 0 Å². The molecule has 31 heavy (non-hydrogen) atoms. The Hall–Kier alpha value is -3.73. The van der Waals surface area contributed by atoms with Crippen LogP contribution in [0.3, 0.4) is 0 Å². The fraction of sp³-hybridized carbons (Fsp3) is 0.192. The van der Waals surface area contributed by atoms with Crippen molar-refractivity contribution in [3.8, 4) is 11.3 Å². The van der Waals surface area contributed by atoms with E-state index in [1.54, 1.807) is 6.07 Å². The predicted molar refractivity (Wildman–Crippen MR) is 124 cm³/mol. The van der Waals surface area contributed by atoms with E-state index in [0.29, 0.717) is 11.3 Å². The van der Waals surface area contributed by atoms with Crippen molar-refractivity contribution in [1.82, 2.24) is 10.4 Å². The molecule has 0 bridgehead atoms. The topological polar surface area (TPSA) is 67.5 Å². The van der Waals surface area contributed by atoms with E-state index in [4.69, 9.17) is 9.40 Å². The van der Waals surface area contributed by atoms with E-state index in [-0.39, 0.29) is 11.3 Å². The van der Waals surface area contributed by atoms with E-state index in [1.807, 2.05) is 43.3 Å². The standard InChI is InChI=1S/C26H25N3O2/c1-17-9-14-20(31-17)16-27-29-25(30)22-15-24(28-23-8-6-5-7-21(22)23)18-10-12-19(13-11-18)26(2,3)4/h5-16H,1-4H3,(H,29,30)/b27-16-. The van der Waals surface area contributed by atoms with Crippen LogP contribution in [-0.2, 0) is 5.41 Å². The first kappa shape index (κ1) is 20.5. The molecule has 0 saturated carbocycles. The van der Waals surface area contributed by atoms with Crippen LogP contribution in [0.4, 0.5) is 0 Å². The number of furan rings is 1. The molecule has 1 amide bonds. The summed E-state index contributed by atoms with van der Waals surface area (Å²) in [6.45, 7) is 8.41. The number of hydrazone groups is 1. The van der Waals surface area contributed by atoms with Gasteiger partial charge in [0.05, 0.1) is 23.0 Å². The molecule has 0 aliphatic rings. The molecule has 5 nitrogen and oxygen atoms in total. The zero-order valence-corrected chi connectivity index (χ0v) is 18.1. The smallest absolute Gasteiger partial charge is 0.272 e. The Morgan fingerprint density at radius 1 is 1.03 bits per heavy atom. The lowest BCUT2D eigenvalue weighted by Gasteiger charge is -2.19. The van der Waals surface area contributed by atoms with Crippen molar-refractivity contribution in [3.63, 3.8) is 0 Å². The molecule has 0 aliphatic heterocycles. The lowest BCUT2D eigenvalue weighted by molar-refractivity contribution is 0.0956. The third kappa shape index (κ3) is 4.56. The molecule has 2 aromatic carbocycles. The fourth-order valence-electron chi connectivity index (χ4n) is 3.39. The van der Waals surface area contributed by atoms with Gasteiger partial charge in [-0.3, -0.25) is 4.79 Å². The minimum atomic E-state index is -0.300. The van der Waals surface area contributed by atoms with Crippen LogP contribution in [-0.4, -0.2) is 17.1 Å². The predicted octanol–water partition coefficient (Wildman–Crippen LogP) is 5.86. The zero-order chi connectivity index (χ0) is 22.0. The molecule has 0 unspecified atom stereocenters. The van der Waals surface area contributed by atoms with Gasteiger partial charge in [0.25, 0.3) is 5.91 Å². The van der Waals surface area contributed by atoms with Crippen LogP contribution >= 0.6 is 0 Å². The maximum Gasteiger partial charge on any atom is 0.272 e. The molecule has 156 valence electrons. The number of benzene rings is 2. The monoisotopic (exact) mass is 411 g/mol. The Kier molecular flexibility index (Phi) is 5.42. The minimum absolute atomic E-state index is 0.0743. The third-order valence-electron chi connectivity index (χ3n) is 5.13. The molecule has 5 heteroatoms. The normalized spacial score (nSPS) is 11.9. The van der Waals surface area contributed by atoms with Crippen molar-refractivity contribution in [1.29, 1.82) is 0 Å². The molecule has 4 rings (SSSR count). The highest BCUT2D eigenvalue weighted by molar-refractivity contribution is 6.07. The molecule has 4 aromatic rings. The number of fused-ring (bicyclic) bond motifs is 1. The van der Waals surface area contributed by atoms with Gasteiger partial charge >= 0.3 is 0 Å². The lowest BCUT2D eigenvalue weighted by Crippen LogP contribution is -2.18. The Morgan fingerprint density at radius 2 is 1.77 bits per heavy atom. The van der Waals surface area contributed by atoms with Crippen LogP contribution in [0.25, 0.3) is 22.2 Å². The summed E-state index contributed by atoms with van der Waals surface area (Å²) in [6, 6.07) is 21.4. The van der Waals surface area contributed by atoms with E-state index < -0.39 is 0 Å². The van der Waals surface area contributed by atoms with E-state index in [1.165, 1.54) is 11.8 Å². The van der Waals surface area contributed by atoms with E-state index in [2.05, 4.69) is 55.6 Å². The minimum Gasteiger partial charge on any atom is -0.460 e. The second-order valence-corrected chi connectivity index (χ2v) is 8.55. The van der Waals surface area contributed by atoms with E-state index >= 15 is 0 Å². The highest BCUT2D eigenvalue weighted by Crippen LogP contribution is 2.28. The van der Waals surface area contributed by atoms with Crippen molar-refractivity contribution in [2.75, 3.05) is 0 Å². The third-order valence-corrected chi connectivity index (χ3v) is 5.13. The summed E-state index contributed by atoms with van der Waals surface area (Å²) in [5, 5.41) is 4.82. The number of hydrogen-bond acceptors (Lipinski definition) is 4. The van der Waals surface area contributed by atoms with Gasteiger partial charge in [0, 0.05) is 10.9 Å². The number of pyridine rings is 1. The van der Waals surface area contributed by atoms with Crippen LogP contribution in [0.5, 0.6) is 0 Å². The number of aryl methyl sites for hydroxylation is 1. The summed E-state index contributed by atoms with van der Waals surface area (Å²) in [5.41, 5.74) is 6.91. The number of carbonyl (C=O) groups excluding carboxylic acids is 1. The van der Waals surface area contributed by atoms with Crippen molar-refractivity contribution >= 4 is 23.0 Å². The molecular weight excluding hydrogens is 386 g/mol. The Morgan fingerprint density at radius 3 is 2.45 bits per heavy atom. The first-order chi connectivity index (χ1) is 14.8. The van der Waals surface area contributed by atoms with Gasteiger partial charge in [-0.2, -0.15) is 5.10 Å². The number of para-hydroxylation sites is 1. The van der Waals surface area contributed by atoms with E-state index in [9.17, 15) is 4.79 Å². The van der Waals surface area contributed by atoms with Gasteiger partial charge in [0.2, 0.25) is 0 Å². The van der Waals surface area contributed by atoms with Crippen molar-refractivity contribution < 1.29 is 9.21 Å². The first-order valence-electron chi connectivity index (χ1n) is 10.2. The summed E-state index contributed by atoms with van der Waals surface area (Å²) >= 11 is 0. The second kappa shape index (κ2) is 8.19. The molecule has 0 saturated heterocycles. The first-order valence-corrected chi connectivity index (χ1v) is 10.2. The van der Waals surface area contributed by atoms with Gasteiger partial charge in [-0.15, -0.1) is 0 Å². The van der Waals surface area contributed by atoms with Crippen LogP contribution in [0.15, 0.2) is 76.2 Å². The summed E-state index contributed by atoms with van der Waals surface area (Å²) in [4.78, 5) is 17.7. The molecule has 0 radical (unpaired) electrons. The number of nitrogens with one attached hydrogen (secondary N) is 1. The Balaban J connectivity index is 1.68. The Bertz CT molecular complexity index is 1260. The Labute approximate surface area is 181 Å². The number of rotatable bonds is 4. The average molecular weight is 412 g/mol. The van der Waals surface area contributed by atoms with Crippen LogP contribution < -0.4 is 5.43 Å². The fourth-order valence-corrected chi connectivity index (χ4v) is 3.39. The molecule has 0 aliphatic carbocycles. The molecule has 2 aromatic heterocycles. The highest BCUT2D eigenvalue weighted by Gasteiger charge is 2.16. The highest BCUT2D eigenvalue weighted by atomic mass is 16.3. The number of aromatic nitrogens is 1. The van der Waals surface area contributed by atoms with Crippen molar-refractivity contribution in [3.05, 3.63) is 89.4 Å². The SMILES string of the molecule is Cc1ccc(/C=N\NC(=O)c2cc(-c3ccc(C(C)(C)C)cc3)nc3ccccc23)o1. The van der Waals surface area contributed by atoms with Crippen molar-refractivity contribution in [2.45, 2.75) is 33.1 Å². The summed E-state index contributed by atoms with van der Waals surface area (Å²) in [6.07, 6.45) is 1.49. The summed E-state index contributed by atoms with van der Waals surface area (Å²) in [7, 11) is 0. The van der Waals surface area contributed by atoms with Crippen LogP contribution in [0, 0.1) is 6.92 Å². The van der Waals surface area contributed by atoms with Gasteiger partial charge in [-0.05, 0) is 42.2 Å². The quantitative estimate of drug-likeness (QED) is 0.338. The number of amides is 1. The van der Waals surface area contributed by atoms with E-state index in [0.717, 1.165) is 27.9 Å². The number of nitrogens with zero attached hydrogens (tertiary/aromatic N) is 2. The molecule has 0 atom stereocenters. The van der Waals surface area contributed by atoms with Gasteiger partial charge in [-0.1, -0.05) is 63.2 Å². The van der Waals surface area contributed by atoms with Crippen LogP contribution in [0.2, 0.25) is 0 Å². The van der Waals surface area contributed by atoms with Gasteiger partial charge in [-0.25, -0.2) is 10.4 Å². The summed E-state index contributed by atoms with van der Waals surface area (Å²) in [5.74, 6) is 1.07. The van der Waals surface area contributed by atoms with Crippen molar-refractivity contribution in [2.24, 2.45) is 5.10 Å². The maximum absolute atomic E-state index is 12.9. The average Bonchev–Trinajstić information content (AvgIpc) is 3.17. The summed E-state index contributed by atoms with van der Waals surface area (Å²) < 4.78 is 5.44. The van der Waals surface area contributed by atoms with Gasteiger partial charge < -0.3 is 4.42 Å². The second-order valence-electron chi connectivity index (χ2n) is 8.55. The molecule has 0 spiro atoms. The maximum atomic E-state index is 12.9. The molecule has 1 N–H and O–H groups in total. The number of carbonyl (C=O) groups is 1. The zero-order valence-electron chi connectivity index (χ0n) is 18.1. The largest absolute Gasteiger partial charge is 0.460 e. The lowest BCUT2D eigenvalue weighted by atomic mass is 9.86. The van der Waals surface area contributed by atoms with Gasteiger partial charge in [0.1, 0.15) is 11.5 Å². The molecular formula is C26H25N3O2. The molecule has 2 heterocycles. The van der Waals surface area contributed by atoms with Crippen LogP contribution in [0.1, 0.15) is 48.2 Å². The molecule has 0 fully saturated rings. The number of hydrogen-bond donors (Lipinski definition) is 1.